The lowest BCUT2D eigenvalue weighted by Crippen LogP contribution is -2.41. The molecule has 0 atom stereocenters. The van der Waals surface area contributed by atoms with Gasteiger partial charge < -0.3 is 13.9 Å². The van der Waals surface area contributed by atoms with Crippen LogP contribution >= 0.6 is 0 Å². The molecule has 0 N–H and O–H groups in total. The number of nitrogens with zero attached hydrogens (tertiary/aromatic N) is 1. The number of hydrogen-bond donors (Lipinski definition) is 0. The average Bonchev–Trinajstić information content (AvgIpc) is 3.09. The van der Waals surface area contributed by atoms with Crippen molar-refractivity contribution in [2.24, 2.45) is 7.05 Å². The van der Waals surface area contributed by atoms with Crippen molar-refractivity contribution in [3.05, 3.63) is 30.0 Å². The quantitative estimate of drug-likeness (QED) is 0.354. The van der Waals surface area contributed by atoms with E-state index in [0.29, 0.717) is 0 Å². The van der Waals surface area contributed by atoms with Crippen molar-refractivity contribution in [2.75, 3.05) is 0 Å². The highest BCUT2D eigenvalue weighted by Crippen LogP contribution is 2.36. The predicted octanol–water partition coefficient (Wildman–Crippen LogP) is 6.16. The molecule has 1 aliphatic heterocycles. The van der Waals surface area contributed by atoms with Gasteiger partial charge >= 0.3 is 7.12 Å². The predicted molar refractivity (Wildman–Crippen MR) is 125 cm³/mol. The van der Waals surface area contributed by atoms with Crippen molar-refractivity contribution in [3.63, 3.8) is 0 Å². The molecule has 1 aliphatic rings. The van der Waals surface area contributed by atoms with Gasteiger partial charge in [0.05, 0.1) is 11.2 Å². The second-order valence-corrected chi connectivity index (χ2v) is 9.83. The number of aromatic nitrogens is 1. The monoisotopic (exact) mass is 397 g/mol. The largest absolute Gasteiger partial charge is 0.494 e. The lowest BCUT2D eigenvalue weighted by Gasteiger charge is -2.32. The zero-order valence-electron chi connectivity index (χ0n) is 19.5. The van der Waals surface area contributed by atoms with Gasteiger partial charge in [-0.15, -0.1) is 0 Å². The summed E-state index contributed by atoms with van der Waals surface area (Å²) in [4.78, 5) is 0. The zero-order valence-corrected chi connectivity index (χ0v) is 19.5. The van der Waals surface area contributed by atoms with Gasteiger partial charge in [0.1, 0.15) is 0 Å². The molecule has 0 unspecified atom stereocenters. The van der Waals surface area contributed by atoms with Crippen molar-refractivity contribution in [2.45, 2.75) is 104 Å². The van der Waals surface area contributed by atoms with E-state index in [9.17, 15) is 0 Å². The number of aryl methyl sites for hydroxylation is 2. The van der Waals surface area contributed by atoms with Gasteiger partial charge in [-0.05, 0) is 63.5 Å². The first-order valence-electron chi connectivity index (χ1n) is 11.7. The fraction of sp³-hybridized carbons (Fsp3) is 0.680. The van der Waals surface area contributed by atoms with E-state index < -0.39 is 0 Å². The molecule has 0 bridgehead atoms. The van der Waals surface area contributed by atoms with E-state index in [1.165, 1.54) is 68.0 Å². The molecule has 3 nitrogen and oxygen atoms in total. The summed E-state index contributed by atoms with van der Waals surface area (Å²) in [5.41, 5.74) is 3.23. The third kappa shape index (κ3) is 5.09. The molecule has 29 heavy (non-hydrogen) atoms. The minimum atomic E-state index is -0.301. The summed E-state index contributed by atoms with van der Waals surface area (Å²) in [6.07, 6.45) is 12.1. The fourth-order valence-corrected chi connectivity index (χ4v) is 4.23. The SMILES string of the molecule is CCCCCCCCCCc1cc2cc(B3OC(C)(C)C(C)(C)O3)ccc2n1C. The lowest BCUT2D eigenvalue weighted by atomic mass is 9.78. The molecule has 0 aliphatic carbocycles. The summed E-state index contributed by atoms with van der Waals surface area (Å²) in [6.45, 7) is 10.7. The molecule has 0 saturated carbocycles. The second kappa shape index (κ2) is 9.26. The maximum absolute atomic E-state index is 6.23. The zero-order chi connectivity index (χ0) is 21.1. The van der Waals surface area contributed by atoms with E-state index >= 15 is 0 Å². The molecule has 0 amide bonds. The summed E-state index contributed by atoms with van der Waals surface area (Å²) in [5.74, 6) is 0. The van der Waals surface area contributed by atoms with E-state index in [2.05, 4.69) is 70.5 Å². The highest BCUT2D eigenvalue weighted by atomic mass is 16.7. The first-order chi connectivity index (χ1) is 13.7. The highest BCUT2D eigenvalue weighted by Gasteiger charge is 2.51. The molecule has 0 spiro atoms. The van der Waals surface area contributed by atoms with Crippen LogP contribution in [0.25, 0.3) is 10.9 Å². The molecule has 160 valence electrons. The fourth-order valence-electron chi connectivity index (χ4n) is 4.23. The first-order valence-corrected chi connectivity index (χ1v) is 11.7. The van der Waals surface area contributed by atoms with Crippen LogP contribution in [0.2, 0.25) is 0 Å². The number of benzene rings is 1. The van der Waals surface area contributed by atoms with E-state index in [-0.39, 0.29) is 18.3 Å². The van der Waals surface area contributed by atoms with Crippen LogP contribution in [0, 0.1) is 0 Å². The van der Waals surface area contributed by atoms with Gasteiger partial charge in [-0.3, -0.25) is 0 Å². The van der Waals surface area contributed by atoms with Crippen LogP contribution in [0.5, 0.6) is 0 Å². The van der Waals surface area contributed by atoms with Crippen molar-refractivity contribution < 1.29 is 9.31 Å². The van der Waals surface area contributed by atoms with Gasteiger partial charge in [0.2, 0.25) is 0 Å². The molecule has 3 rings (SSSR count). The Hall–Kier alpha value is -1.26. The Balaban J connectivity index is 1.59. The third-order valence-corrected chi connectivity index (χ3v) is 6.98. The van der Waals surface area contributed by atoms with Gasteiger partial charge in [0.25, 0.3) is 0 Å². The molecule has 1 aromatic heterocycles. The molecule has 2 aromatic rings. The Labute approximate surface area is 178 Å². The van der Waals surface area contributed by atoms with Crippen LogP contribution in [0.3, 0.4) is 0 Å². The number of unbranched alkanes of at least 4 members (excludes halogenated alkanes) is 7. The van der Waals surface area contributed by atoms with Gasteiger partial charge in [0.15, 0.2) is 0 Å². The van der Waals surface area contributed by atoms with E-state index in [1.807, 2.05) is 0 Å². The highest BCUT2D eigenvalue weighted by molar-refractivity contribution is 6.62. The van der Waals surface area contributed by atoms with Crippen molar-refractivity contribution in [3.8, 4) is 0 Å². The van der Waals surface area contributed by atoms with Crippen molar-refractivity contribution in [1.82, 2.24) is 4.57 Å². The maximum Gasteiger partial charge on any atom is 0.494 e. The Morgan fingerprint density at radius 1 is 0.828 bits per heavy atom. The minimum absolute atomic E-state index is 0.291. The molecule has 1 aromatic carbocycles. The molecular formula is C25H40BNO2. The van der Waals surface area contributed by atoms with Crippen molar-refractivity contribution in [1.29, 1.82) is 0 Å². The number of fused-ring (bicyclic) bond motifs is 1. The Morgan fingerprint density at radius 2 is 1.41 bits per heavy atom. The van der Waals surface area contributed by atoms with Crippen LogP contribution in [0.1, 0.15) is 91.7 Å². The first kappa shape index (κ1) is 22.4. The Kier molecular flexibility index (Phi) is 7.16. The molecule has 0 radical (unpaired) electrons. The molecule has 1 fully saturated rings. The number of rotatable bonds is 10. The normalized spacial score (nSPS) is 18.1. The topological polar surface area (TPSA) is 23.4 Å². The lowest BCUT2D eigenvalue weighted by molar-refractivity contribution is 0.00578. The average molecular weight is 397 g/mol. The Bertz CT molecular complexity index is 793. The number of hydrogen-bond acceptors (Lipinski definition) is 2. The summed E-state index contributed by atoms with van der Waals surface area (Å²) in [5, 5.41) is 1.29. The van der Waals surface area contributed by atoms with Crippen LogP contribution in [0.15, 0.2) is 24.3 Å². The smallest absolute Gasteiger partial charge is 0.399 e. The van der Waals surface area contributed by atoms with Gasteiger partial charge in [-0.2, -0.15) is 0 Å². The van der Waals surface area contributed by atoms with E-state index in [4.69, 9.17) is 9.31 Å². The van der Waals surface area contributed by atoms with Crippen LogP contribution in [-0.2, 0) is 22.8 Å². The van der Waals surface area contributed by atoms with Crippen molar-refractivity contribution >= 4 is 23.5 Å². The van der Waals surface area contributed by atoms with Crippen LogP contribution < -0.4 is 5.46 Å². The molecule has 1 saturated heterocycles. The minimum Gasteiger partial charge on any atom is -0.399 e. The Morgan fingerprint density at radius 3 is 2.03 bits per heavy atom. The van der Waals surface area contributed by atoms with Crippen LogP contribution in [-0.4, -0.2) is 22.9 Å². The summed E-state index contributed by atoms with van der Waals surface area (Å²) < 4.78 is 14.8. The van der Waals surface area contributed by atoms with E-state index in [0.717, 1.165) is 11.9 Å². The van der Waals surface area contributed by atoms with Crippen LogP contribution in [0.4, 0.5) is 0 Å². The summed E-state index contributed by atoms with van der Waals surface area (Å²) >= 11 is 0. The second-order valence-electron chi connectivity index (χ2n) is 9.83. The summed E-state index contributed by atoms with van der Waals surface area (Å²) in [6, 6.07) is 8.97. The van der Waals surface area contributed by atoms with Gasteiger partial charge in [-0.1, -0.05) is 64.0 Å². The van der Waals surface area contributed by atoms with E-state index in [1.54, 1.807) is 0 Å². The molecule has 4 heteroatoms. The van der Waals surface area contributed by atoms with Gasteiger partial charge in [-0.25, -0.2) is 0 Å². The van der Waals surface area contributed by atoms with Gasteiger partial charge in [0, 0.05) is 18.3 Å². The third-order valence-electron chi connectivity index (χ3n) is 6.98. The maximum atomic E-state index is 6.23. The standard InChI is InChI=1S/C25H40BNO2/c1-7-8-9-10-11-12-13-14-15-22-19-20-18-21(16-17-23(20)27(22)6)26-28-24(2,3)25(4,5)29-26/h16-19H,7-15H2,1-6H3. The summed E-state index contributed by atoms with van der Waals surface area (Å²) in [7, 11) is 1.90. The molecule has 2 heterocycles. The molecular weight excluding hydrogens is 357 g/mol.